The number of non-ortho nitro benzene ring substituents is 1. The molecule has 196 valence electrons. The average Bonchev–Trinajstić information content (AvgIpc) is 3.30. The van der Waals surface area contributed by atoms with E-state index >= 15 is 0 Å². The molecule has 10 heteroatoms. The quantitative estimate of drug-likeness (QED) is 0.224. The maximum atomic E-state index is 13.1. The summed E-state index contributed by atoms with van der Waals surface area (Å²) in [4.78, 5) is 36.1. The summed E-state index contributed by atoms with van der Waals surface area (Å²) in [6.07, 6.45) is 1.94. The van der Waals surface area contributed by atoms with E-state index in [1.165, 1.54) is 24.3 Å². The van der Waals surface area contributed by atoms with Crippen molar-refractivity contribution in [3.8, 4) is 11.5 Å². The predicted octanol–water partition coefficient (Wildman–Crippen LogP) is 6.01. The van der Waals surface area contributed by atoms with Gasteiger partial charge in [0.15, 0.2) is 5.76 Å². The van der Waals surface area contributed by atoms with Gasteiger partial charge in [-0.25, -0.2) is 5.43 Å². The number of hydrogen-bond acceptors (Lipinski definition) is 7. The van der Waals surface area contributed by atoms with Crippen molar-refractivity contribution in [2.24, 2.45) is 5.10 Å². The van der Waals surface area contributed by atoms with Crippen molar-refractivity contribution in [2.45, 2.75) is 26.2 Å². The molecule has 0 radical (unpaired) electrons. The van der Waals surface area contributed by atoms with Gasteiger partial charge in [0, 0.05) is 40.9 Å². The van der Waals surface area contributed by atoms with Crippen LogP contribution in [0.4, 0.5) is 11.4 Å². The second-order valence-corrected chi connectivity index (χ2v) is 8.91. The van der Waals surface area contributed by atoms with Crippen LogP contribution in [0.5, 0.6) is 11.5 Å². The highest BCUT2D eigenvalue weighted by atomic mass is 16.6. The van der Waals surface area contributed by atoms with Crippen molar-refractivity contribution in [2.75, 3.05) is 5.32 Å². The molecule has 1 aliphatic carbocycles. The molecule has 0 bridgehead atoms. The monoisotopic (exact) mass is 524 g/mol. The van der Waals surface area contributed by atoms with Gasteiger partial charge in [0.2, 0.25) is 0 Å². The van der Waals surface area contributed by atoms with E-state index in [0.29, 0.717) is 52.6 Å². The Kier molecular flexibility index (Phi) is 7.17. The normalized spacial score (nSPS) is 13.4. The lowest BCUT2D eigenvalue weighted by atomic mass is 9.93. The van der Waals surface area contributed by atoms with E-state index in [1.807, 2.05) is 30.3 Å². The maximum absolute atomic E-state index is 13.1. The number of aryl methyl sites for hydroxylation is 1. The summed E-state index contributed by atoms with van der Waals surface area (Å²) in [6, 6.07) is 21.8. The summed E-state index contributed by atoms with van der Waals surface area (Å²) in [6.45, 7) is 1.78. The summed E-state index contributed by atoms with van der Waals surface area (Å²) < 4.78 is 11.7. The fraction of sp³-hybridized carbons (Fsp3) is 0.138. The molecule has 0 atom stereocenters. The number of anilines is 1. The molecule has 0 saturated carbocycles. The lowest BCUT2D eigenvalue weighted by Crippen LogP contribution is -2.22. The molecule has 0 fully saturated rings. The van der Waals surface area contributed by atoms with Crippen LogP contribution in [0.15, 0.2) is 88.4 Å². The van der Waals surface area contributed by atoms with Gasteiger partial charge in [-0.15, -0.1) is 0 Å². The number of fused-ring (bicyclic) bond motifs is 1. The third-order valence-corrected chi connectivity index (χ3v) is 6.23. The van der Waals surface area contributed by atoms with Crippen molar-refractivity contribution < 1.29 is 23.7 Å². The van der Waals surface area contributed by atoms with Crippen LogP contribution in [0, 0.1) is 17.0 Å². The first-order valence-corrected chi connectivity index (χ1v) is 12.3. The van der Waals surface area contributed by atoms with Gasteiger partial charge in [-0.05, 0) is 62.2 Å². The van der Waals surface area contributed by atoms with Crippen molar-refractivity contribution in [1.82, 2.24) is 5.43 Å². The van der Waals surface area contributed by atoms with Crippen molar-refractivity contribution in [1.29, 1.82) is 0 Å². The highest BCUT2D eigenvalue weighted by molar-refractivity contribution is 6.09. The van der Waals surface area contributed by atoms with Gasteiger partial charge in [-0.2, -0.15) is 5.10 Å². The van der Waals surface area contributed by atoms with Crippen LogP contribution in [-0.2, 0) is 6.42 Å². The number of rotatable bonds is 7. The number of carbonyl (C=O) groups is 2. The van der Waals surface area contributed by atoms with E-state index in [-0.39, 0.29) is 17.0 Å². The molecule has 0 spiro atoms. The number of nitro benzene ring substituents is 1. The van der Waals surface area contributed by atoms with E-state index in [1.54, 1.807) is 31.2 Å². The Morgan fingerprint density at radius 1 is 0.949 bits per heavy atom. The molecule has 4 aromatic rings. The molecule has 3 aromatic carbocycles. The zero-order valence-electron chi connectivity index (χ0n) is 21.0. The Morgan fingerprint density at radius 2 is 1.69 bits per heavy atom. The van der Waals surface area contributed by atoms with Crippen LogP contribution < -0.4 is 15.5 Å². The van der Waals surface area contributed by atoms with Gasteiger partial charge in [0.1, 0.15) is 17.3 Å². The topological polar surface area (TPSA) is 136 Å². The van der Waals surface area contributed by atoms with E-state index in [4.69, 9.17) is 9.15 Å². The highest BCUT2D eigenvalue weighted by Gasteiger charge is 2.28. The number of hydrogen-bond donors (Lipinski definition) is 2. The average molecular weight is 525 g/mol. The minimum absolute atomic E-state index is 0.119. The van der Waals surface area contributed by atoms with Gasteiger partial charge in [0.05, 0.1) is 10.6 Å². The molecule has 0 saturated heterocycles. The summed E-state index contributed by atoms with van der Waals surface area (Å²) in [5, 5.41) is 18.1. The Hall–Kier alpha value is -5.25. The number of carbonyl (C=O) groups excluding carboxylic acids is 2. The molecule has 39 heavy (non-hydrogen) atoms. The fourth-order valence-corrected chi connectivity index (χ4v) is 4.36. The zero-order chi connectivity index (χ0) is 27.4. The van der Waals surface area contributed by atoms with Crippen LogP contribution >= 0.6 is 0 Å². The number of furan rings is 1. The van der Waals surface area contributed by atoms with Crippen molar-refractivity contribution in [3.63, 3.8) is 0 Å². The van der Waals surface area contributed by atoms with Crippen LogP contribution in [-0.4, -0.2) is 22.4 Å². The lowest BCUT2D eigenvalue weighted by Gasteiger charge is -2.13. The second kappa shape index (κ2) is 11.0. The van der Waals surface area contributed by atoms with E-state index in [9.17, 15) is 19.7 Å². The SMILES string of the molecule is Cc1c(C(=O)Nc2ccc(Oc3ccccc3)cc2)oc2c1/C(=N/NC(=O)c1cccc([N+](=O)[O-])c1)CCC2. The summed E-state index contributed by atoms with van der Waals surface area (Å²) in [5.74, 6) is 1.17. The Balaban J connectivity index is 1.29. The van der Waals surface area contributed by atoms with Crippen LogP contribution in [0.1, 0.15) is 50.6 Å². The minimum atomic E-state index is -0.572. The smallest absolute Gasteiger partial charge is 0.291 e. The Bertz CT molecular complexity index is 1580. The molecule has 10 nitrogen and oxygen atoms in total. The predicted molar refractivity (Wildman–Crippen MR) is 144 cm³/mol. The second-order valence-electron chi connectivity index (χ2n) is 8.91. The third-order valence-electron chi connectivity index (χ3n) is 6.23. The van der Waals surface area contributed by atoms with Gasteiger partial charge in [-0.1, -0.05) is 24.3 Å². The Morgan fingerprint density at radius 3 is 2.44 bits per heavy atom. The van der Waals surface area contributed by atoms with E-state index < -0.39 is 16.7 Å². The number of nitrogens with zero attached hydrogens (tertiary/aromatic N) is 2. The van der Waals surface area contributed by atoms with Gasteiger partial charge in [-0.3, -0.25) is 19.7 Å². The largest absolute Gasteiger partial charge is 0.457 e. The summed E-state index contributed by atoms with van der Waals surface area (Å²) >= 11 is 0. The van der Waals surface area contributed by atoms with E-state index in [0.717, 1.165) is 6.42 Å². The van der Waals surface area contributed by atoms with Gasteiger partial charge >= 0.3 is 0 Å². The molecule has 5 rings (SSSR count). The first-order valence-electron chi connectivity index (χ1n) is 12.3. The molecule has 0 unspecified atom stereocenters. The van der Waals surface area contributed by atoms with E-state index in [2.05, 4.69) is 15.8 Å². The van der Waals surface area contributed by atoms with Crippen molar-refractivity contribution in [3.05, 3.63) is 117 Å². The number of ether oxygens (including phenoxy) is 1. The lowest BCUT2D eigenvalue weighted by molar-refractivity contribution is -0.384. The van der Waals surface area contributed by atoms with Gasteiger partial charge < -0.3 is 14.5 Å². The molecule has 1 heterocycles. The first kappa shape index (κ1) is 25.4. The molecule has 1 aromatic heterocycles. The number of benzene rings is 3. The van der Waals surface area contributed by atoms with Crippen molar-refractivity contribution >= 4 is 28.9 Å². The zero-order valence-corrected chi connectivity index (χ0v) is 21.0. The van der Waals surface area contributed by atoms with Gasteiger partial charge in [0.25, 0.3) is 17.5 Å². The summed E-state index contributed by atoms with van der Waals surface area (Å²) in [5.41, 5.74) is 4.88. The maximum Gasteiger partial charge on any atom is 0.291 e. The van der Waals surface area contributed by atoms with Crippen LogP contribution in [0.3, 0.4) is 0 Å². The number of amides is 2. The van der Waals surface area contributed by atoms with Crippen LogP contribution in [0.2, 0.25) is 0 Å². The third kappa shape index (κ3) is 5.69. The number of nitrogens with one attached hydrogen (secondary N) is 2. The first-order chi connectivity index (χ1) is 18.9. The molecule has 2 N–H and O–H groups in total. The number of hydrazone groups is 1. The Labute approximate surface area is 223 Å². The molecule has 2 amide bonds. The molecular weight excluding hydrogens is 500 g/mol. The molecular formula is C29H24N4O6. The number of para-hydroxylation sites is 1. The van der Waals surface area contributed by atoms with Crippen LogP contribution in [0.25, 0.3) is 0 Å². The highest BCUT2D eigenvalue weighted by Crippen LogP contribution is 2.31. The summed E-state index contributed by atoms with van der Waals surface area (Å²) in [7, 11) is 0. The minimum Gasteiger partial charge on any atom is -0.457 e. The fourth-order valence-electron chi connectivity index (χ4n) is 4.36. The number of nitro groups is 1. The molecule has 0 aliphatic heterocycles. The molecule has 1 aliphatic rings. The standard InChI is InChI=1S/C29H24N4O6/c1-18-26-24(31-32-28(34)19-7-5-8-21(17-19)33(36)37)11-6-12-25(26)39-27(18)29(35)30-20-13-15-23(16-14-20)38-22-9-3-2-4-10-22/h2-5,7-10,13-17H,6,11-12H2,1H3,(H,30,35)(H,32,34)/b31-24+.